The van der Waals surface area contributed by atoms with E-state index in [1.165, 1.54) is 9.13 Å². The first-order valence-electron chi connectivity index (χ1n) is 9.15. The molecule has 0 saturated heterocycles. The molecule has 2 aromatic heterocycles. The highest BCUT2D eigenvalue weighted by Crippen LogP contribution is 2.33. The second-order valence-electron chi connectivity index (χ2n) is 7.58. The number of halogens is 1. The van der Waals surface area contributed by atoms with Gasteiger partial charge >= 0.3 is 5.69 Å². The van der Waals surface area contributed by atoms with Crippen LogP contribution < -0.4 is 16.1 Å². The number of fused-ring (bicyclic) bond motifs is 3. The Labute approximate surface area is 167 Å². The number of hydrogen-bond donors (Lipinski definition) is 0. The lowest BCUT2D eigenvalue weighted by Crippen LogP contribution is -2.40. The molecule has 0 amide bonds. The van der Waals surface area contributed by atoms with E-state index < -0.39 is 0 Å². The number of imidazole rings is 1. The van der Waals surface area contributed by atoms with E-state index in [1.54, 1.807) is 14.0 Å². The predicted octanol–water partition coefficient (Wildman–Crippen LogP) is 2.91. The number of nitrogens with zero attached hydrogens (tertiary/aromatic N) is 5. The van der Waals surface area contributed by atoms with Gasteiger partial charge in [-0.15, -0.1) is 0 Å². The summed E-state index contributed by atoms with van der Waals surface area (Å²) < 4.78 is 4.59. The lowest BCUT2D eigenvalue weighted by atomic mass is 10.1. The largest absolute Gasteiger partial charge is 0.332 e. The SMILES string of the molecule is C=C(C)Cn1c(=O)c2c(nc3n2C[C@@H](C)CN3c2ccc(Cl)cc2)n(C)c1=O. The van der Waals surface area contributed by atoms with Gasteiger partial charge in [-0.1, -0.05) is 30.7 Å². The van der Waals surface area contributed by atoms with Crippen LogP contribution in [-0.2, 0) is 20.1 Å². The van der Waals surface area contributed by atoms with Crippen molar-refractivity contribution in [3.8, 4) is 0 Å². The fraction of sp³-hybridized carbons (Fsp3) is 0.350. The highest BCUT2D eigenvalue weighted by Gasteiger charge is 2.29. The Kier molecular flexibility index (Phi) is 4.42. The van der Waals surface area contributed by atoms with Gasteiger partial charge in [-0.25, -0.2) is 4.79 Å². The van der Waals surface area contributed by atoms with E-state index in [1.807, 2.05) is 28.8 Å². The van der Waals surface area contributed by atoms with Crippen molar-refractivity contribution < 1.29 is 0 Å². The highest BCUT2D eigenvalue weighted by atomic mass is 35.5. The molecular formula is C20H22ClN5O2. The summed E-state index contributed by atoms with van der Waals surface area (Å²) in [6.07, 6.45) is 0. The van der Waals surface area contributed by atoms with Crippen molar-refractivity contribution in [3.63, 3.8) is 0 Å². The lowest BCUT2D eigenvalue weighted by molar-refractivity contribution is 0.458. The summed E-state index contributed by atoms with van der Waals surface area (Å²) in [6.45, 7) is 9.39. The molecule has 0 spiro atoms. The van der Waals surface area contributed by atoms with Crippen LogP contribution in [0.1, 0.15) is 13.8 Å². The molecular weight excluding hydrogens is 378 g/mol. The molecule has 7 nitrogen and oxygen atoms in total. The van der Waals surface area contributed by atoms with Gasteiger partial charge in [0.25, 0.3) is 5.56 Å². The molecule has 1 aromatic carbocycles. The molecule has 3 aromatic rings. The van der Waals surface area contributed by atoms with E-state index in [9.17, 15) is 9.59 Å². The Balaban J connectivity index is 2.00. The van der Waals surface area contributed by atoms with Gasteiger partial charge in [0.2, 0.25) is 5.95 Å². The number of aromatic nitrogens is 4. The van der Waals surface area contributed by atoms with Gasteiger partial charge < -0.3 is 9.47 Å². The molecule has 0 N–H and O–H groups in total. The van der Waals surface area contributed by atoms with Crippen molar-refractivity contribution in [1.82, 2.24) is 18.7 Å². The Morgan fingerprint density at radius 2 is 1.93 bits per heavy atom. The first-order valence-corrected chi connectivity index (χ1v) is 9.53. The van der Waals surface area contributed by atoms with E-state index in [4.69, 9.17) is 16.6 Å². The van der Waals surface area contributed by atoms with Gasteiger partial charge in [0, 0.05) is 30.8 Å². The molecule has 4 rings (SSSR count). The summed E-state index contributed by atoms with van der Waals surface area (Å²) in [7, 11) is 1.65. The van der Waals surface area contributed by atoms with E-state index in [0.29, 0.717) is 34.6 Å². The molecule has 146 valence electrons. The van der Waals surface area contributed by atoms with E-state index in [0.717, 1.165) is 17.8 Å². The van der Waals surface area contributed by atoms with E-state index in [2.05, 4.69) is 18.4 Å². The average Bonchev–Trinajstić information content (AvgIpc) is 3.03. The van der Waals surface area contributed by atoms with Crippen LogP contribution in [-0.4, -0.2) is 25.2 Å². The Morgan fingerprint density at radius 1 is 1.25 bits per heavy atom. The minimum atomic E-state index is -0.387. The van der Waals surface area contributed by atoms with Gasteiger partial charge in [0.1, 0.15) is 0 Å². The number of allylic oxidation sites excluding steroid dienone is 1. The summed E-state index contributed by atoms with van der Waals surface area (Å²) >= 11 is 6.03. The monoisotopic (exact) mass is 399 g/mol. The molecule has 0 unspecified atom stereocenters. The number of aryl methyl sites for hydroxylation is 1. The molecule has 1 atom stereocenters. The van der Waals surface area contributed by atoms with Crippen LogP contribution in [0.4, 0.5) is 11.6 Å². The van der Waals surface area contributed by atoms with Crippen molar-refractivity contribution >= 4 is 34.4 Å². The van der Waals surface area contributed by atoms with Gasteiger partial charge in [0.15, 0.2) is 11.2 Å². The smallest absolute Gasteiger partial charge is 0.312 e. The van der Waals surface area contributed by atoms with Crippen LogP contribution in [0.3, 0.4) is 0 Å². The molecule has 0 fully saturated rings. The van der Waals surface area contributed by atoms with Crippen molar-refractivity contribution in [2.45, 2.75) is 26.9 Å². The topological polar surface area (TPSA) is 65.1 Å². The molecule has 0 aliphatic carbocycles. The number of benzene rings is 1. The van der Waals surface area contributed by atoms with Gasteiger partial charge in [-0.2, -0.15) is 4.98 Å². The Bertz CT molecular complexity index is 1200. The fourth-order valence-electron chi connectivity index (χ4n) is 3.75. The van der Waals surface area contributed by atoms with Crippen LogP contribution in [0.15, 0.2) is 46.0 Å². The van der Waals surface area contributed by atoms with Crippen LogP contribution in [0.25, 0.3) is 11.2 Å². The first kappa shape index (κ1) is 18.6. The lowest BCUT2D eigenvalue weighted by Gasteiger charge is -2.33. The maximum Gasteiger partial charge on any atom is 0.332 e. The fourth-order valence-corrected chi connectivity index (χ4v) is 3.88. The molecule has 8 heteroatoms. The van der Waals surface area contributed by atoms with Gasteiger partial charge in [-0.05, 0) is 37.1 Å². The zero-order valence-electron chi connectivity index (χ0n) is 16.1. The summed E-state index contributed by atoms with van der Waals surface area (Å²) in [5.41, 5.74) is 1.82. The number of anilines is 2. The third-order valence-electron chi connectivity index (χ3n) is 5.01. The van der Waals surface area contributed by atoms with Crippen LogP contribution in [0.5, 0.6) is 0 Å². The van der Waals surface area contributed by atoms with Crippen LogP contribution >= 0.6 is 11.6 Å². The van der Waals surface area contributed by atoms with Crippen LogP contribution in [0.2, 0.25) is 5.02 Å². The minimum Gasteiger partial charge on any atom is -0.312 e. The third-order valence-corrected chi connectivity index (χ3v) is 5.26. The maximum absolute atomic E-state index is 13.2. The third kappa shape index (κ3) is 2.86. The number of hydrogen-bond acceptors (Lipinski definition) is 4. The molecule has 1 aliphatic heterocycles. The van der Waals surface area contributed by atoms with Crippen molar-refractivity contribution in [3.05, 3.63) is 62.3 Å². The second kappa shape index (κ2) is 6.67. The summed E-state index contributed by atoms with van der Waals surface area (Å²) in [5, 5.41) is 0.660. The minimum absolute atomic E-state index is 0.193. The van der Waals surface area contributed by atoms with Crippen molar-refractivity contribution in [1.29, 1.82) is 0 Å². The Hall–Kier alpha value is -2.80. The average molecular weight is 400 g/mol. The summed E-state index contributed by atoms with van der Waals surface area (Å²) in [5.74, 6) is 0.961. The summed E-state index contributed by atoms with van der Waals surface area (Å²) in [6, 6.07) is 7.53. The number of rotatable bonds is 3. The highest BCUT2D eigenvalue weighted by molar-refractivity contribution is 6.30. The van der Waals surface area contributed by atoms with Gasteiger partial charge in [-0.3, -0.25) is 13.9 Å². The normalized spacial score (nSPS) is 16.4. The molecule has 0 saturated carbocycles. The molecule has 0 bridgehead atoms. The standard InChI is InChI=1S/C20H22ClN5O2/c1-12(2)9-26-18(27)16-17(23(4)20(26)28)22-19-24(10-13(3)11-25(16)19)15-7-5-14(21)6-8-15/h5-8,13H,1,9-11H2,2-4H3/t13-/m0/s1. The van der Waals surface area contributed by atoms with Gasteiger partial charge in [0.05, 0.1) is 6.54 Å². The van der Waals surface area contributed by atoms with Crippen molar-refractivity contribution in [2.24, 2.45) is 13.0 Å². The molecule has 3 heterocycles. The zero-order chi connectivity index (χ0) is 20.2. The molecule has 1 aliphatic rings. The summed E-state index contributed by atoms with van der Waals surface area (Å²) in [4.78, 5) is 32.6. The second-order valence-corrected chi connectivity index (χ2v) is 8.01. The van der Waals surface area contributed by atoms with Crippen LogP contribution in [0, 0.1) is 5.92 Å². The van der Waals surface area contributed by atoms with E-state index in [-0.39, 0.29) is 17.8 Å². The zero-order valence-corrected chi connectivity index (χ0v) is 16.9. The molecule has 28 heavy (non-hydrogen) atoms. The molecule has 0 radical (unpaired) electrons. The Morgan fingerprint density at radius 3 is 2.57 bits per heavy atom. The first-order chi connectivity index (χ1) is 13.3. The van der Waals surface area contributed by atoms with Crippen molar-refractivity contribution in [2.75, 3.05) is 11.4 Å². The maximum atomic E-state index is 13.2. The quantitative estimate of drug-likeness (QED) is 0.635. The van der Waals surface area contributed by atoms with E-state index >= 15 is 0 Å². The predicted molar refractivity (Wildman–Crippen MR) is 112 cm³/mol.